The van der Waals surface area contributed by atoms with E-state index in [1.165, 1.54) is 5.56 Å². The summed E-state index contributed by atoms with van der Waals surface area (Å²) in [6.45, 7) is 6.18. The zero-order valence-electron chi connectivity index (χ0n) is 21.2. The van der Waals surface area contributed by atoms with E-state index in [0.29, 0.717) is 11.4 Å². The van der Waals surface area contributed by atoms with Gasteiger partial charge in [-0.05, 0) is 78.4 Å². The van der Waals surface area contributed by atoms with Crippen LogP contribution in [0.3, 0.4) is 0 Å². The second-order valence-electron chi connectivity index (χ2n) is 8.79. The molecule has 0 spiro atoms. The average Bonchev–Trinajstić information content (AvgIpc) is 2.86. The predicted octanol–water partition coefficient (Wildman–Crippen LogP) is 4.95. The number of carboxylic acid groups (broad SMARTS) is 2. The van der Waals surface area contributed by atoms with Crippen LogP contribution in [0.1, 0.15) is 39.3 Å². The van der Waals surface area contributed by atoms with Crippen LogP contribution in [-0.4, -0.2) is 34.0 Å². The first-order valence-corrected chi connectivity index (χ1v) is 11.7. The number of amides is 2. The molecule has 38 heavy (non-hydrogen) atoms. The zero-order chi connectivity index (χ0) is 27.8. The van der Waals surface area contributed by atoms with Crippen LogP contribution < -0.4 is 10.6 Å². The highest BCUT2D eigenvalue weighted by atomic mass is 16.4. The summed E-state index contributed by atoms with van der Waals surface area (Å²) in [5, 5.41) is 22.7. The Kier molecular flexibility index (Phi) is 8.95. The number of carbonyl (C=O) groups is 4. The van der Waals surface area contributed by atoms with Crippen molar-refractivity contribution in [3.63, 3.8) is 0 Å². The number of hydrogen-bond acceptors (Lipinski definition) is 4. The summed E-state index contributed by atoms with van der Waals surface area (Å²) in [6, 6.07) is 19.0. The monoisotopic (exact) mass is 512 g/mol. The number of aryl methyl sites for hydroxylation is 3. The number of aliphatic carboxylic acids is 2. The molecule has 2 amide bonds. The van der Waals surface area contributed by atoms with E-state index in [9.17, 15) is 19.2 Å². The molecule has 0 aromatic heterocycles. The zero-order valence-corrected chi connectivity index (χ0v) is 21.2. The molecule has 3 rings (SSSR count). The molecule has 0 saturated heterocycles. The van der Waals surface area contributed by atoms with Crippen molar-refractivity contribution in [2.45, 2.75) is 26.7 Å². The number of nitrogens with one attached hydrogen (secondary N) is 2. The molecule has 0 heterocycles. The van der Waals surface area contributed by atoms with Crippen LogP contribution in [0.15, 0.2) is 85.0 Å². The van der Waals surface area contributed by atoms with Crippen molar-refractivity contribution in [2.75, 3.05) is 10.6 Å². The molecule has 0 atom stereocenters. The maximum Gasteiger partial charge on any atom is 0.328 e. The maximum absolute atomic E-state index is 12.0. The molecule has 8 heteroatoms. The third-order valence-electron chi connectivity index (χ3n) is 5.97. The van der Waals surface area contributed by atoms with Gasteiger partial charge in [-0.25, -0.2) is 9.59 Å². The van der Waals surface area contributed by atoms with Gasteiger partial charge in [-0.1, -0.05) is 36.4 Å². The van der Waals surface area contributed by atoms with Gasteiger partial charge in [-0.3, -0.25) is 9.59 Å². The first-order valence-electron chi connectivity index (χ1n) is 11.7. The first kappa shape index (κ1) is 27.6. The molecular weight excluding hydrogens is 484 g/mol. The molecule has 0 bridgehead atoms. The summed E-state index contributed by atoms with van der Waals surface area (Å²) < 4.78 is 0. The van der Waals surface area contributed by atoms with Crippen molar-refractivity contribution >= 4 is 35.1 Å². The van der Waals surface area contributed by atoms with Gasteiger partial charge in [0.25, 0.3) is 0 Å². The predicted molar refractivity (Wildman–Crippen MR) is 145 cm³/mol. The largest absolute Gasteiger partial charge is 0.478 e. The molecule has 0 aliphatic heterocycles. The SMILES string of the molecule is Cc1cc(C)c(C(c2ccc(NC(=O)/C=C/C(=O)O)cc2)c2ccc(NC(=O)/C=C/C(=O)O)cc2)cc1C. The summed E-state index contributed by atoms with van der Waals surface area (Å²) in [5.41, 5.74) is 7.55. The summed E-state index contributed by atoms with van der Waals surface area (Å²) in [4.78, 5) is 45.2. The van der Waals surface area contributed by atoms with Crippen LogP contribution in [-0.2, 0) is 19.2 Å². The third-order valence-corrected chi connectivity index (χ3v) is 5.97. The molecule has 0 aliphatic carbocycles. The number of rotatable bonds is 9. The quantitative estimate of drug-likeness (QED) is 0.237. The van der Waals surface area contributed by atoms with Gasteiger partial charge in [-0.2, -0.15) is 0 Å². The van der Waals surface area contributed by atoms with E-state index in [0.717, 1.165) is 52.1 Å². The Hall–Kier alpha value is -4.98. The summed E-state index contributed by atoms with van der Waals surface area (Å²) in [5.74, 6) is -3.65. The van der Waals surface area contributed by atoms with Crippen LogP contribution >= 0.6 is 0 Å². The molecule has 194 valence electrons. The topological polar surface area (TPSA) is 133 Å². The Labute approximate surface area is 220 Å². The standard InChI is InChI=1S/C30H28N2O6/c1-18-16-20(3)25(17-19(18)2)30(21-4-8-23(9-5-21)31-26(33)12-14-28(35)36)22-6-10-24(11-7-22)32-27(34)13-15-29(37)38/h4-17,30H,1-3H3,(H,31,33)(H,32,34)(H,35,36)(H,37,38)/b14-12+,15-13+. The number of benzene rings is 3. The lowest BCUT2D eigenvalue weighted by Gasteiger charge is -2.23. The van der Waals surface area contributed by atoms with Crippen LogP contribution in [0.4, 0.5) is 11.4 Å². The van der Waals surface area contributed by atoms with Crippen molar-refractivity contribution in [3.05, 3.63) is 118 Å². The van der Waals surface area contributed by atoms with Gasteiger partial charge in [0.2, 0.25) is 11.8 Å². The molecule has 8 nitrogen and oxygen atoms in total. The molecule has 0 aliphatic rings. The minimum atomic E-state index is -1.20. The molecule has 3 aromatic rings. The second-order valence-corrected chi connectivity index (χ2v) is 8.79. The Bertz CT molecular complexity index is 1340. The number of carboxylic acids is 2. The van der Waals surface area contributed by atoms with E-state index < -0.39 is 23.8 Å². The Balaban J connectivity index is 1.95. The van der Waals surface area contributed by atoms with Crippen LogP contribution in [0.25, 0.3) is 0 Å². The van der Waals surface area contributed by atoms with Gasteiger partial charge in [-0.15, -0.1) is 0 Å². The molecular formula is C30H28N2O6. The number of hydrogen-bond donors (Lipinski definition) is 4. The van der Waals surface area contributed by atoms with Gasteiger partial charge >= 0.3 is 11.9 Å². The van der Waals surface area contributed by atoms with Gasteiger partial charge in [0.15, 0.2) is 0 Å². The second kappa shape index (κ2) is 12.3. The van der Waals surface area contributed by atoms with E-state index in [-0.39, 0.29) is 5.92 Å². The van der Waals surface area contributed by atoms with E-state index in [1.807, 2.05) is 24.3 Å². The molecule has 3 aromatic carbocycles. The minimum absolute atomic E-state index is 0.150. The summed E-state index contributed by atoms with van der Waals surface area (Å²) >= 11 is 0. The smallest absolute Gasteiger partial charge is 0.328 e. The van der Waals surface area contributed by atoms with E-state index >= 15 is 0 Å². The van der Waals surface area contributed by atoms with Crippen LogP contribution in [0.5, 0.6) is 0 Å². The highest BCUT2D eigenvalue weighted by Gasteiger charge is 2.20. The normalized spacial score (nSPS) is 11.2. The van der Waals surface area contributed by atoms with Gasteiger partial charge < -0.3 is 20.8 Å². The van der Waals surface area contributed by atoms with Crippen molar-refractivity contribution in [1.82, 2.24) is 0 Å². The third kappa shape index (κ3) is 7.51. The number of anilines is 2. The lowest BCUT2D eigenvalue weighted by atomic mass is 9.81. The highest BCUT2D eigenvalue weighted by Crippen LogP contribution is 2.36. The van der Waals surface area contributed by atoms with Gasteiger partial charge in [0, 0.05) is 41.6 Å². The maximum atomic E-state index is 12.0. The van der Waals surface area contributed by atoms with Crippen molar-refractivity contribution in [3.8, 4) is 0 Å². The summed E-state index contributed by atoms with van der Waals surface area (Å²) in [7, 11) is 0. The molecule has 0 radical (unpaired) electrons. The molecule has 0 fully saturated rings. The van der Waals surface area contributed by atoms with E-state index in [2.05, 4.69) is 43.5 Å². The van der Waals surface area contributed by atoms with Crippen LogP contribution in [0, 0.1) is 20.8 Å². The fourth-order valence-electron chi connectivity index (χ4n) is 4.03. The van der Waals surface area contributed by atoms with Crippen molar-refractivity contribution in [2.24, 2.45) is 0 Å². The molecule has 4 N–H and O–H groups in total. The Morgan fingerprint density at radius 2 is 1.00 bits per heavy atom. The minimum Gasteiger partial charge on any atom is -0.478 e. The average molecular weight is 513 g/mol. The Morgan fingerprint density at radius 3 is 1.39 bits per heavy atom. The summed E-state index contributed by atoms with van der Waals surface area (Å²) in [6.07, 6.45) is 3.46. The van der Waals surface area contributed by atoms with Crippen molar-refractivity contribution < 1.29 is 29.4 Å². The first-order chi connectivity index (χ1) is 18.0. The van der Waals surface area contributed by atoms with Crippen molar-refractivity contribution in [1.29, 1.82) is 0 Å². The fourth-order valence-corrected chi connectivity index (χ4v) is 4.03. The highest BCUT2D eigenvalue weighted by molar-refractivity contribution is 6.03. The van der Waals surface area contributed by atoms with E-state index in [4.69, 9.17) is 10.2 Å². The fraction of sp³-hybridized carbons (Fsp3) is 0.133. The number of carbonyl (C=O) groups excluding carboxylic acids is 2. The lowest BCUT2D eigenvalue weighted by Crippen LogP contribution is -2.10. The molecule has 0 unspecified atom stereocenters. The lowest BCUT2D eigenvalue weighted by molar-refractivity contribution is -0.132. The van der Waals surface area contributed by atoms with Crippen LogP contribution in [0.2, 0.25) is 0 Å². The molecule has 0 saturated carbocycles. The van der Waals surface area contributed by atoms with Gasteiger partial charge in [0.1, 0.15) is 0 Å². The van der Waals surface area contributed by atoms with Gasteiger partial charge in [0.05, 0.1) is 0 Å². The Morgan fingerprint density at radius 1 is 0.605 bits per heavy atom. The van der Waals surface area contributed by atoms with E-state index in [1.54, 1.807) is 24.3 Å².